The first-order chi connectivity index (χ1) is 24.3. The largest absolute Gasteiger partial charge is 0.445 e. The van der Waals surface area contributed by atoms with Crippen LogP contribution in [0.4, 0.5) is 4.79 Å². The molecule has 0 saturated carbocycles. The van der Waals surface area contributed by atoms with E-state index in [9.17, 15) is 24.0 Å². The second-order valence-electron chi connectivity index (χ2n) is 11.7. The van der Waals surface area contributed by atoms with Gasteiger partial charge in [0, 0.05) is 36.1 Å². The van der Waals surface area contributed by atoms with Crippen molar-refractivity contribution >= 4 is 40.5 Å². The smallest absolute Gasteiger partial charge is 0.408 e. The number of Topliss-reactive ketones (excluding diaryl/α,β-unsaturated/α-hetero) is 1. The second-order valence-corrected chi connectivity index (χ2v) is 11.7. The molecule has 3 atom stereocenters. The molecule has 2 heterocycles. The van der Waals surface area contributed by atoms with Crippen LogP contribution in [-0.2, 0) is 49.9 Å². The zero-order valence-corrected chi connectivity index (χ0v) is 27.4. The lowest BCUT2D eigenvalue weighted by molar-refractivity contribution is -0.140. The van der Waals surface area contributed by atoms with Crippen molar-refractivity contribution in [1.82, 2.24) is 31.2 Å². The minimum atomic E-state index is -1.25. The molecule has 2 aromatic heterocycles. The van der Waals surface area contributed by atoms with Crippen LogP contribution in [0, 0.1) is 0 Å². The van der Waals surface area contributed by atoms with Crippen molar-refractivity contribution in [2.24, 2.45) is 0 Å². The van der Waals surface area contributed by atoms with E-state index in [1.165, 1.54) is 6.92 Å². The lowest BCUT2D eigenvalue weighted by atomic mass is 9.99. The van der Waals surface area contributed by atoms with Crippen LogP contribution in [-0.4, -0.2) is 57.7 Å². The van der Waals surface area contributed by atoms with Crippen molar-refractivity contribution in [2.45, 2.75) is 51.0 Å². The van der Waals surface area contributed by atoms with Crippen LogP contribution < -0.4 is 21.3 Å². The van der Waals surface area contributed by atoms with Gasteiger partial charge in [0.1, 0.15) is 24.7 Å². The predicted octanol–water partition coefficient (Wildman–Crippen LogP) is 3.52. The topological polar surface area (TPSA) is 171 Å². The Hall–Kier alpha value is -6.30. The summed E-state index contributed by atoms with van der Waals surface area (Å²) < 4.78 is 5.25. The number of rotatable bonds is 15. The Bertz CT molecular complexity index is 1920. The lowest BCUT2D eigenvalue weighted by Crippen LogP contribution is -2.57. The van der Waals surface area contributed by atoms with Crippen LogP contribution in [0.15, 0.2) is 116 Å². The molecule has 50 heavy (non-hydrogen) atoms. The maximum Gasteiger partial charge on any atom is 0.408 e. The first-order valence-electron chi connectivity index (χ1n) is 16.2. The molecule has 12 heteroatoms. The number of ether oxygens (including phenoxy) is 1. The summed E-state index contributed by atoms with van der Waals surface area (Å²) in [4.78, 5) is 73.8. The number of hydrogen-bond acceptors (Lipinski definition) is 7. The summed E-state index contributed by atoms with van der Waals surface area (Å²) in [5, 5.41) is 11.4. The molecule has 5 aromatic rings. The number of nitrogens with one attached hydrogen (secondary N) is 5. The van der Waals surface area contributed by atoms with Crippen LogP contribution in [0.5, 0.6) is 0 Å². The molecule has 0 bridgehead atoms. The molecule has 4 amide bonds. The van der Waals surface area contributed by atoms with Gasteiger partial charge >= 0.3 is 6.09 Å². The Morgan fingerprint density at radius 1 is 0.720 bits per heavy atom. The number of carbonyl (C=O) groups excluding carboxylic acids is 5. The number of fused-ring (bicyclic) bond motifs is 1. The number of nitrogens with zero attached hydrogens (tertiary/aromatic N) is 1. The van der Waals surface area contributed by atoms with Gasteiger partial charge in [-0.25, -0.2) is 4.79 Å². The maximum absolute atomic E-state index is 14.0. The Morgan fingerprint density at radius 3 is 2.10 bits per heavy atom. The highest BCUT2D eigenvalue weighted by Gasteiger charge is 2.32. The first-order valence-corrected chi connectivity index (χ1v) is 16.2. The van der Waals surface area contributed by atoms with Crippen molar-refractivity contribution in [2.75, 3.05) is 0 Å². The summed E-state index contributed by atoms with van der Waals surface area (Å²) in [7, 11) is 0. The van der Waals surface area contributed by atoms with Crippen molar-refractivity contribution in [3.63, 3.8) is 0 Å². The summed E-state index contributed by atoms with van der Waals surface area (Å²) in [6, 6.07) is 27.3. The van der Waals surface area contributed by atoms with Crippen LogP contribution in [0.3, 0.4) is 0 Å². The van der Waals surface area contributed by atoms with Crippen LogP contribution in [0.25, 0.3) is 10.9 Å². The van der Waals surface area contributed by atoms with Gasteiger partial charge in [0.2, 0.25) is 17.6 Å². The Labute approximate surface area is 289 Å². The van der Waals surface area contributed by atoms with Gasteiger partial charge in [-0.3, -0.25) is 24.2 Å². The molecule has 0 aliphatic carbocycles. The Kier molecular flexibility index (Phi) is 12.0. The average Bonchev–Trinajstić information content (AvgIpc) is 3.55. The fraction of sp³-hybridized carbons (Fsp3) is 0.211. The summed E-state index contributed by atoms with van der Waals surface area (Å²) in [6.45, 7) is 1.50. The van der Waals surface area contributed by atoms with E-state index in [2.05, 4.69) is 31.2 Å². The Morgan fingerprint density at radius 2 is 1.38 bits per heavy atom. The first kappa shape index (κ1) is 35.0. The number of carbonyl (C=O) groups is 5. The summed E-state index contributed by atoms with van der Waals surface area (Å²) in [5.41, 5.74) is 3.63. The minimum Gasteiger partial charge on any atom is -0.445 e. The highest BCUT2D eigenvalue weighted by molar-refractivity contribution is 6.38. The highest BCUT2D eigenvalue weighted by atomic mass is 16.5. The number of pyridine rings is 1. The quantitative estimate of drug-likeness (QED) is 0.106. The molecule has 0 spiro atoms. The standard InChI is InChI=1S/C38H38N6O6/c1-25(42-38(49)50-24-27-14-6-3-7-15-27)35(46)44-33(21-28-22-40-31-18-9-8-17-30(28)31)36(47)43-32(20-26-12-4-2-5-13-26)34(45)37(48)41-23-29-16-10-11-19-39-29/h2-19,22,25,32-33,40H,20-21,23-24H2,1H3,(H,41,48)(H,42,49)(H,43,47)(H,44,46)/t25-,32?,33-/m0/s1. The number of alkyl carbamates (subject to hydrolysis) is 1. The number of amides is 4. The van der Waals surface area contributed by atoms with Gasteiger partial charge < -0.3 is 31.0 Å². The van der Waals surface area contributed by atoms with Gasteiger partial charge in [-0.05, 0) is 41.8 Å². The van der Waals surface area contributed by atoms with Crippen LogP contribution in [0.1, 0.15) is 29.3 Å². The summed E-state index contributed by atoms with van der Waals surface area (Å²) >= 11 is 0. The predicted molar refractivity (Wildman–Crippen MR) is 186 cm³/mol. The number of H-pyrrole nitrogens is 1. The van der Waals surface area contributed by atoms with Gasteiger partial charge in [0.05, 0.1) is 12.2 Å². The molecule has 0 aliphatic heterocycles. The molecule has 3 aromatic carbocycles. The van der Waals surface area contributed by atoms with Gasteiger partial charge in [0.15, 0.2) is 0 Å². The molecule has 5 N–H and O–H groups in total. The molecular formula is C38H38N6O6. The fourth-order valence-corrected chi connectivity index (χ4v) is 5.28. The van der Waals surface area contributed by atoms with Crippen LogP contribution >= 0.6 is 0 Å². The lowest BCUT2D eigenvalue weighted by Gasteiger charge is -2.24. The average molecular weight is 675 g/mol. The molecular weight excluding hydrogens is 636 g/mol. The van der Waals surface area contributed by atoms with Gasteiger partial charge in [0.25, 0.3) is 5.91 Å². The SMILES string of the molecule is C[C@H](NC(=O)OCc1ccccc1)C(=O)N[C@@H](Cc1c[nH]c2ccccc12)C(=O)NC(Cc1ccccc1)C(=O)C(=O)NCc1ccccn1. The number of ketones is 1. The molecule has 5 rings (SSSR count). The van der Waals surface area contributed by atoms with Crippen molar-refractivity contribution in [3.05, 3.63) is 138 Å². The summed E-state index contributed by atoms with van der Waals surface area (Å²) in [5.74, 6) is -3.08. The second kappa shape index (κ2) is 17.2. The third kappa shape index (κ3) is 9.86. The highest BCUT2D eigenvalue weighted by Crippen LogP contribution is 2.19. The molecule has 256 valence electrons. The molecule has 0 fully saturated rings. The Balaban J connectivity index is 1.32. The van der Waals surface area contributed by atoms with E-state index >= 15 is 0 Å². The molecule has 1 unspecified atom stereocenters. The molecule has 0 radical (unpaired) electrons. The van der Waals surface area contributed by atoms with E-state index in [-0.39, 0.29) is 26.0 Å². The molecule has 0 saturated heterocycles. The molecule has 0 aliphatic rings. The van der Waals surface area contributed by atoms with Crippen molar-refractivity contribution < 1.29 is 28.7 Å². The van der Waals surface area contributed by atoms with Gasteiger partial charge in [-0.2, -0.15) is 0 Å². The van der Waals surface area contributed by atoms with E-state index < -0.39 is 47.7 Å². The van der Waals surface area contributed by atoms with Crippen molar-refractivity contribution in [1.29, 1.82) is 0 Å². The van der Waals surface area contributed by atoms with E-state index in [0.717, 1.165) is 22.0 Å². The number of para-hydroxylation sites is 1. The number of hydrogen-bond donors (Lipinski definition) is 5. The minimum absolute atomic E-state index is 0.0128. The third-order valence-electron chi connectivity index (χ3n) is 7.97. The third-order valence-corrected chi connectivity index (χ3v) is 7.97. The fourth-order valence-electron chi connectivity index (χ4n) is 5.28. The van der Waals surface area contributed by atoms with E-state index in [4.69, 9.17) is 4.74 Å². The maximum atomic E-state index is 14.0. The monoisotopic (exact) mass is 674 g/mol. The van der Waals surface area contributed by atoms with Crippen molar-refractivity contribution in [3.8, 4) is 0 Å². The van der Waals surface area contributed by atoms with Gasteiger partial charge in [-0.1, -0.05) is 84.9 Å². The number of benzene rings is 3. The van der Waals surface area contributed by atoms with E-state index in [1.807, 2.05) is 48.5 Å². The van der Waals surface area contributed by atoms with E-state index in [1.54, 1.807) is 67.0 Å². The number of aromatic nitrogens is 2. The van der Waals surface area contributed by atoms with E-state index in [0.29, 0.717) is 11.3 Å². The van der Waals surface area contributed by atoms with Gasteiger partial charge in [-0.15, -0.1) is 0 Å². The normalized spacial score (nSPS) is 12.6. The van der Waals surface area contributed by atoms with Crippen LogP contribution in [0.2, 0.25) is 0 Å². The summed E-state index contributed by atoms with van der Waals surface area (Å²) in [6.07, 6.45) is 2.59. The molecule has 12 nitrogen and oxygen atoms in total. The number of aromatic amines is 1. The zero-order chi connectivity index (χ0) is 35.3. The zero-order valence-electron chi connectivity index (χ0n) is 27.4.